The van der Waals surface area contributed by atoms with Crippen molar-refractivity contribution < 1.29 is 76.2 Å². The summed E-state index contributed by atoms with van der Waals surface area (Å²) >= 11 is 0. The van der Waals surface area contributed by atoms with Crippen LogP contribution in [0, 0.1) is 29.1 Å². The summed E-state index contributed by atoms with van der Waals surface area (Å²) in [6.45, 7) is 0. The van der Waals surface area contributed by atoms with Crippen LogP contribution in [0.3, 0.4) is 0 Å². The molecule has 0 aliphatic carbocycles. The van der Waals surface area contributed by atoms with Gasteiger partial charge in [0.15, 0.2) is 23.3 Å². The van der Waals surface area contributed by atoms with Crippen molar-refractivity contribution in [1.29, 1.82) is 0 Å². The number of aromatic amines is 2. The van der Waals surface area contributed by atoms with Gasteiger partial charge in [-0.15, -0.1) is 0 Å². The molecule has 39 heavy (non-hydrogen) atoms. The zero-order valence-corrected chi connectivity index (χ0v) is 22.5. The van der Waals surface area contributed by atoms with E-state index in [2.05, 4.69) is 19.9 Å². The fourth-order valence-corrected chi connectivity index (χ4v) is 4.10. The molecule has 5 heterocycles. The second-order valence-corrected chi connectivity index (χ2v) is 8.00. The van der Waals surface area contributed by atoms with E-state index in [0.717, 1.165) is 5.52 Å². The van der Waals surface area contributed by atoms with Gasteiger partial charge in [-0.25, -0.2) is 31.9 Å². The molecular weight excluding hydrogens is 626 g/mol. The molecule has 2 aliphatic rings. The molecule has 0 unspecified atom stereocenters. The van der Waals surface area contributed by atoms with Crippen LogP contribution in [0.25, 0.3) is 57.5 Å². The fraction of sp³-hybridized carbons (Fsp3) is 0. The van der Waals surface area contributed by atoms with E-state index < -0.39 is 34.6 Å². The Balaban J connectivity index is 0.00000133. The van der Waals surface area contributed by atoms with Crippen molar-refractivity contribution in [3.05, 3.63) is 94.3 Å². The molecule has 1 radical (unpaired) electrons. The topological polar surface area (TPSA) is 57.4 Å². The third-order valence-corrected chi connectivity index (χ3v) is 5.68. The van der Waals surface area contributed by atoms with Crippen molar-refractivity contribution >= 4 is 46.4 Å². The molecule has 6 rings (SSSR count). The number of rotatable bonds is 1. The van der Waals surface area contributed by atoms with Gasteiger partial charge in [0.05, 0.1) is 28.3 Å². The van der Waals surface area contributed by atoms with E-state index >= 15 is 0 Å². The maximum atomic E-state index is 14.9. The van der Waals surface area contributed by atoms with Crippen LogP contribution in [0.15, 0.2) is 42.5 Å². The average molecular weight is 639 g/mol. The first kappa shape index (κ1) is 32.1. The number of aromatic nitrogens is 4. The number of H-pyrrole nitrogens is 2. The molecule has 0 amide bonds. The van der Waals surface area contributed by atoms with Gasteiger partial charge in [0, 0.05) is 27.6 Å². The Bertz CT molecular complexity index is 1750. The van der Waals surface area contributed by atoms with Crippen molar-refractivity contribution in [1.82, 2.24) is 19.9 Å². The molecule has 201 valence electrons. The van der Waals surface area contributed by atoms with E-state index in [1.807, 2.05) is 24.3 Å². The van der Waals surface area contributed by atoms with Gasteiger partial charge in [0.2, 0.25) is 5.82 Å². The summed E-state index contributed by atoms with van der Waals surface area (Å²) in [4.78, 5) is 15.1. The number of halogens is 8. The Morgan fingerprint density at radius 3 is 1.49 bits per heavy atom. The summed E-state index contributed by atoms with van der Waals surface area (Å²) in [5.41, 5.74) is 2.59. The van der Waals surface area contributed by atoms with Crippen molar-refractivity contribution in [2.24, 2.45) is 0 Å². The monoisotopic (exact) mass is 637 g/mol. The quantitative estimate of drug-likeness (QED) is 0.0952. The minimum atomic E-state index is -2.22. The van der Waals surface area contributed by atoms with E-state index in [1.165, 1.54) is 12.1 Å². The van der Waals surface area contributed by atoms with Crippen LogP contribution in [0.1, 0.15) is 22.8 Å². The Hall–Kier alpha value is -3.14. The molecule has 8 bridgehead atoms. The summed E-state index contributed by atoms with van der Waals surface area (Å²) < 4.78 is 71.8. The molecular formula is C26H13Cl3F5FeN4. The summed E-state index contributed by atoms with van der Waals surface area (Å²) in [5, 5.41) is 0. The molecule has 2 N–H and O–H groups in total. The normalized spacial score (nSPS) is 11.2. The van der Waals surface area contributed by atoms with Gasteiger partial charge >= 0.3 is 17.1 Å². The van der Waals surface area contributed by atoms with Crippen LogP contribution >= 0.6 is 0 Å². The summed E-state index contributed by atoms with van der Waals surface area (Å²) in [6.07, 6.45) is 6.67. The van der Waals surface area contributed by atoms with Gasteiger partial charge in [-0.1, -0.05) is 0 Å². The summed E-state index contributed by atoms with van der Waals surface area (Å²) in [6, 6.07) is 12.0. The predicted molar refractivity (Wildman–Crippen MR) is 124 cm³/mol. The van der Waals surface area contributed by atoms with Gasteiger partial charge < -0.3 is 47.2 Å². The van der Waals surface area contributed by atoms with Crippen molar-refractivity contribution in [3.63, 3.8) is 0 Å². The van der Waals surface area contributed by atoms with E-state index in [4.69, 9.17) is 0 Å². The maximum absolute atomic E-state index is 14.9. The Morgan fingerprint density at radius 2 is 0.923 bits per heavy atom. The van der Waals surface area contributed by atoms with E-state index in [9.17, 15) is 22.0 Å². The standard InChI is InChI=1S/C26H13F5N4.3ClH.Fe/c27-22-21(23(28)25(30)26(31)24(22)29)20-18-7-5-16(34-18)10-14-3-1-12(32-14)9-13-2-4-15(33-13)11-17-6-8-19(20)35-17;;;;/h1-11,32,35H;3*1H;/q;;;;+3/p-3. The Kier molecular flexibility index (Phi) is 10.2. The fourth-order valence-electron chi connectivity index (χ4n) is 4.10. The molecule has 0 saturated heterocycles. The molecule has 0 saturated carbocycles. The van der Waals surface area contributed by atoms with Crippen molar-refractivity contribution in [2.45, 2.75) is 0 Å². The minimum Gasteiger partial charge on any atom is -1.00 e. The third-order valence-electron chi connectivity index (χ3n) is 5.68. The first-order valence-electron chi connectivity index (χ1n) is 10.5. The Morgan fingerprint density at radius 1 is 0.487 bits per heavy atom. The third kappa shape index (κ3) is 5.76. The molecule has 2 aliphatic heterocycles. The second kappa shape index (κ2) is 12.4. The first-order chi connectivity index (χ1) is 16.9. The minimum absolute atomic E-state index is 0. The molecule has 0 atom stereocenters. The zero-order valence-electron chi connectivity index (χ0n) is 19.1. The average Bonchev–Trinajstić information content (AvgIpc) is 3.64. The maximum Gasteiger partial charge on any atom is 3.00 e. The van der Waals surface area contributed by atoms with Crippen LogP contribution in [0.2, 0.25) is 0 Å². The van der Waals surface area contributed by atoms with E-state index in [-0.39, 0.29) is 71.1 Å². The number of nitrogens with one attached hydrogen (secondary N) is 2. The number of hydrogen-bond donors (Lipinski definition) is 2. The van der Waals surface area contributed by atoms with Gasteiger partial charge in [-0.3, -0.25) is 0 Å². The van der Waals surface area contributed by atoms with Crippen LogP contribution in [-0.4, -0.2) is 19.9 Å². The van der Waals surface area contributed by atoms with Gasteiger partial charge in [0.25, 0.3) is 0 Å². The molecule has 4 nitrogen and oxygen atoms in total. The van der Waals surface area contributed by atoms with Gasteiger partial charge in [-0.05, 0) is 66.8 Å². The van der Waals surface area contributed by atoms with Crippen LogP contribution in [0.4, 0.5) is 22.0 Å². The molecule has 4 aromatic rings. The molecule has 3 aromatic heterocycles. The molecule has 0 spiro atoms. The van der Waals surface area contributed by atoms with Crippen molar-refractivity contribution in [2.75, 3.05) is 0 Å². The number of fused-ring (bicyclic) bond motifs is 8. The van der Waals surface area contributed by atoms with Crippen LogP contribution in [0.5, 0.6) is 0 Å². The zero-order chi connectivity index (χ0) is 24.3. The second-order valence-electron chi connectivity index (χ2n) is 8.00. The number of nitrogens with zero attached hydrogens (tertiary/aromatic N) is 2. The Labute approximate surface area is 247 Å². The molecule has 13 heteroatoms. The SMILES string of the molecule is Fc1c(F)c(F)c(-c2c3nc(cc4ccc(cc5nc(cc6ccc2[nH]6)C=C5)[nH]4)C=C3)c(F)c1F.[Cl-].[Cl-].[Cl-].[Fe+3]. The molecule has 1 aromatic carbocycles. The largest absolute Gasteiger partial charge is 3.00 e. The van der Waals surface area contributed by atoms with E-state index in [1.54, 1.807) is 30.4 Å². The van der Waals surface area contributed by atoms with Crippen LogP contribution < -0.4 is 37.2 Å². The number of hydrogen-bond acceptors (Lipinski definition) is 2. The van der Waals surface area contributed by atoms with Gasteiger partial charge in [-0.2, -0.15) is 0 Å². The summed E-state index contributed by atoms with van der Waals surface area (Å²) in [5.74, 6) is -10.2. The molecule has 0 fully saturated rings. The smallest absolute Gasteiger partial charge is 1.00 e. The van der Waals surface area contributed by atoms with Crippen LogP contribution in [-0.2, 0) is 17.1 Å². The predicted octanol–water partition coefficient (Wildman–Crippen LogP) is -1.97. The van der Waals surface area contributed by atoms with E-state index in [0.29, 0.717) is 28.1 Å². The number of benzene rings is 1. The first-order valence-corrected chi connectivity index (χ1v) is 10.5. The van der Waals surface area contributed by atoms with Crippen molar-refractivity contribution in [3.8, 4) is 11.1 Å². The summed E-state index contributed by atoms with van der Waals surface area (Å²) in [7, 11) is 0. The van der Waals surface area contributed by atoms with Gasteiger partial charge in [0.1, 0.15) is 0 Å².